The molecule has 142 valence electrons. The Balaban J connectivity index is 1.31. The Bertz CT molecular complexity index is 663. The first kappa shape index (κ1) is 16.6. The number of aliphatic hydroxyl groups excluding tert-OH is 1. The molecule has 8 nitrogen and oxygen atoms in total. The highest BCUT2D eigenvalue weighted by molar-refractivity contribution is 5.79. The molecule has 5 fully saturated rings. The summed E-state index contributed by atoms with van der Waals surface area (Å²) in [6, 6.07) is 0. The van der Waals surface area contributed by atoms with Crippen LogP contribution in [0.2, 0.25) is 0 Å². The zero-order valence-electron chi connectivity index (χ0n) is 15.2. The Morgan fingerprint density at radius 2 is 2.08 bits per heavy atom. The van der Waals surface area contributed by atoms with Gasteiger partial charge in [0, 0.05) is 12.1 Å². The number of rotatable bonds is 4. The molecule has 3 atom stereocenters. The van der Waals surface area contributed by atoms with Crippen LogP contribution >= 0.6 is 0 Å². The van der Waals surface area contributed by atoms with E-state index < -0.39 is 0 Å². The van der Waals surface area contributed by atoms with Crippen LogP contribution in [0.3, 0.4) is 0 Å². The van der Waals surface area contributed by atoms with E-state index in [1.807, 2.05) is 4.80 Å². The molecule has 1 aromatic heterocycles. The Labute approximate surface area is 153 Å². The number of piperidine rings is 1. The first-order valence-electron chi connectivity index (χ1n) is 9.99. The van der Waals surface area contributed by atoms with Gasteiger partial charge in [-0.15, -0.1) is 10.2 Å². The molecule has 0 spiro atoms. The third kappa shape index (κ3) is 2.83. The van der Waals surface area contributed by atoms with E-state index >= 15 is 0 Å². The molecule has 4 saturated carbocycles. The van der Waals surface area contributed by atoms with E-state index in [-0.39, 0.29) is 23.1 Å². The molecular formula is C18H28N6O2. The molecule has 8 heteroatoms. The molecule has 4 aliphatic carbocycles. The maximum Gasteiger partial charge on any atom is 0.234 e. The summed E-state index contributed by atoms with van der Waals surface area (Å²) in [6.45, 7) is 1.90. The third-order valence-electron chi connectivity index (χ3n) is 7.06. The first-order valence-corrected chi connectivity index (χ1v) is 9.99. The van der Waals surface area contributed by atoms with E-state index in [0.717, 1.165) is 51.5 Å². The van der Waals surface area contributed by atoms with Crippen molar-refractivity contribution in [3.8, 4) is 0 Å². The molecule has 2 heterocycles. The summed E-state index contributed by atoms with van der Waals surface area (Å²) in [5, 5.41) is 25.8. The minimum absolute atomic E-state index is 0.0742. The van der Waals surface area contributed by atoms with Crippen LogP contribution in [0.4, 0.5) is 0 Å². The maximum atomic E-state index is 12.8. The second kappa shape index (κ2) is 5.99. The van der Waals surface area contributed by atoms with Gasteiger partial charge in [0.05, 0.1) is 18.2 Å². The van der Waals surface area contributed by atoms with Gasteiger partial charge in [-0.25, -0.2) is 0 Å². The van der Waals surface area contributed by atoms with E-state index in [2.05, 4.69) is 25.6 Å². The fourth-order valence-electron chi connectivity index (χ4n) is 6.69. The number of carbonyl (C=O) groups is 1. The fraction of sp³-hybridized carbons (Fsp3) is 0.889. The van der Waals surface area contributed by atoms with Crippen molar-refractivity contribution in [2.24, 2.45) is 11.8 Å². The summed E-state index contributed by atoms with van der Waals surface area (Å²) in [7, 11) is 0. The molecule has 5 aliphatic rings. The maximum absolute atomic E-state index is 12.8. The molecule has 0 aromatic carbocycles. The van der Waals surface area contributed by atoms with E-state index in [1.165, 1.54) is 12.7 Å². The van der Waals surface area contributed by atoms with Gasteiger partial charge in [-0.1, -0.05) is 0 Å². The number of hydrogen-bond donors (Lipinski definition) is 2. The van der Waals surface area contributed by atoms with Gasteiger partial charge in [0.25, 0.3) is 0 Å². The smallest absolute Gasteiger partial charge is 0.234 e. The molecule has 3 unspecified atom stereocenters. The van der Waals surface area contributed by atoms with Gasteiger partial charge < -0.3 is 10.4 Å². The van der Waals surface area contributed by atoms with Crippen LogP contribution in [0, 0.1) is 11.8 Å². The number of aliphatic hydroxyl groups is 1. The lowest BCUT2D eigenvalue weighted by molar-refractivity contribution is -0.133. The van der Waals surface area contributed by atoms with Crippen LogP contribution in [-0.2, 0) is 10.3 Å². The van der Waals surface area contributed by atoms with Crippen molar-refractivity contribution in [1.29, 1.82) is 0 Å². The van der Waals surface area contributed by atoms with Crippen molar-refractivity contribution in [3.05, 3.63) is 6.33 Å². The topological polar surface area (TPSA) is 96.2 Å². The normalized spacial score (nSPS) is 42.1. The lowest BCUT2D eigenvalue weighted by Gasteiger charge is -2.61. The van der Waals surface area contributed by atoms with E-state index in [1.54, 1.807) is 0 Å². The van der Waals surface area contributed by atoms with E-state index in [4.69, 9.17) is 0 Å². The summed E-state index contributed by atoms with van der Waals surface area (Å²) in [5.41, 5.74) is -0.196. The number of tetrazole rings is 1. The molecule has 1 amide bonds. The minimum atomic E-state index is -0.294. The van der Waals surface area contributed by atoms with Gasteiger partial charge in [-0.2, -0.15) is 4.80 Å². The van der Waals surface area contributed by atoms with Crippen LogP contribution in [0.15, 0.2) is 6.33 Å². The van der Waals surface area contributed by atoms with Crippen LogP contribution in [0.25, 0.3) is 0 Å². The molecule has 2 N–H and O–H groups in total. The predicted molar refractivity (Wildman–Crippen MR) is 93.0 cm³/mol. The Morgan fingerprint density at radius 3 is 2.77 bits per heavy atom. The molecule has 4 bridgehead atoms. The summed E-state index contributed by atoms with van der Waals surface area (Å²) in [5.74, 6) is 1.38. The van der Waals surface area contributed by atoms with Crippen molar-refractivity contribution in [1.82, 2.24) is 30.4 Å². The van der Waals surface area contributed by atoms with Crippen molar-refractivity contribution in [2.45, 2.75) is 68.5 Å². The molecule has 1 aliphatic heterocycles. The molecule has 1 aromatic rings. The number of likely N-dealkylation sites (tertiary alicyclic amines) is 1. The van der Waals surface area contributed by atoms with Crippen LogP contribution in [-0.4, -0.2) is 67.4 Å². The highest BCUT2D eigenvalue weighted by atomic mass is 16.3. The van der Waals surface area contributed by atoms with E-state index in [9.17, 15) is 9.90 Å². The Kier molecular flexibility index (Phi) is 3.83. The molecular weight excluding hydrogens is 332 g/mol. The monoisotopic (exact) mass is 360 g/mol. The molecule has 1 saturated heterocycles. The third-order valence-corrected chi connectivity index (χ3v) is 7.06. The van der Waals surface area contributed by atoms with Gasteiger partial charge in [0.2, 0.25) is 5.91 Å². The van der Waals surface area contributed by atoms with Gasteiger partial charge in [0.1, 0.15) is 0 Å². The Morgan fingerprint density at radius 1 is 1.27 bits per heavy atom. The Hall–Kier alpha value is -1.54. The number of hydrogen-bond acceptors (Lipinski definition) is 6. The number of amides is 1. The summed E-state index contributed by atoms with van der Waals surface area (Å²) < 4.78 is 0. The largest absolute Gasteiger partial charge is 0.392 e. The highest BCUT2D eigenvalue weighted by Gasteiger charge is 2.60. The molecule has 26 heavy (non-hydrogen) atoms. The number of aromatic nitrogens is 4. The second-order valence-corrected chi connectivity index (χ2v) is 9.27. The summed E-state index contributed by atoms with van der Waals surface area (Å²) >= 11 is 0. The SMILES string of the molecule is O=C(CN1CCCC(O)C1)NC12CC3CC(C1)CC(n1ncnn1)(C3)C2. The van der Waals surface area contributed by atoms with Crippen molar-refractivity contribution in [2.75, 3.05) is 19.6 Å². The first-order chi connectivity index (χ1) is 12.5. The lowest BCUT2D eigenvalue weighted by Crippen LogP contribution is -2.66. The van der Waals surface area contributed by atoms with Crippen LogP contribution < -0.4 is 5.32 Å². The predicted octanol–water partition coefficient (Wildman–Crippen LogP) is 0.294. The average molecular weight is 360 g/mol. The quantitative estimate of drug-likeness (QED) is 0.801. The van der Waals surface area contributed by atoms with Crippen molar-refractivity contribution in [3.63, 3.8) is 0 Å². The molecule has 6 rings (SSSR count). The van der Waals surface area contributed by atoms with Crippen molar-refractivity contribution < 1.29 is 9.90 Å². The van der Waals surface area contributed by atoms with Gasteiger partial charge >= 0.3 is 0 Å². The van der Waals surface area contributed by atoms with Crippen molar-refractivity contribution >= 4 is 5.91 Å². The zero-order valence-corrected chi connectivity index (χ0v) is 15.2. The highest BCUT2D eigenvalue weighted by Crippen LogP contribution is 2.60. The summed E-state index contributed by atoms with van der Waals surface area (Å²) in [6.07, 6.45) is 9.59. The number of carbonyl (C=O) groups excluding carboxylic acids is 1. The van der Waals surface area contributed by atoms with Crippen LogP contribution in [0.5, 0.6) is 0 Å². The van der Waals surface area contributed by atoms with Gasteiger partial charge in [0.15, 0.2) is 6.33 Å². The summed E-state index contributed by atoms with van der Waals surface area (Å²) in [4.78, 5) is 16.7. The van der Waals surface area contributed by atoms with Crippen LogP contribution in [0.1, 0.15) is 51.4 Å². The average Bonchev–Trinajstić information content (AvgIpc) is 3.08. The standard InChI is InChI=1S/C18H28N6O2/c25-15-2-1-3-23(9-15)10-16(26)21-17-5-13-4-14(6-17)8-18(7-13,11-17)24-20-12-19-22-24/h12-15,25H,1-11H2,(H,21,26). The fourth-order valence-corrected chi connectivity index (χ4v) is 6.69. The molecule has 0 radical (unpaired) electrons. The number of nitrogens with zero attached hydrogens (tertiary/aromatic N) is 5. The minimum Gasteiger partial charge on any atom is -0.392 e. The zero-order chi connectivity index (χ0) is 17.8. The van der Waals surface area contributed by atoms with Gasteiger partial charge in [-0.05, 0) is 75.0 Å². The number of nitrogens with one attached hydrogen (secondary N) is 1. The second-order valence-electron chi connectivity index (χ2n) is 9.27. The number of β-amino-alcohol motifs (C(OH)–C–C–N with tert-alkyl or cyclic N) is 1. The van der Waals surface area contributed by atoms with Gasteiger partial charge in [-0.3, -0.25) is 9.69 Å². The van der Waals surface area contributed by atoms with E-state index in [0.29, 0.717) is 24.9 Å². The lowest BCUT2D eigenvalue weighted by atomic mass is 9.50.